The maximum atomic E-state index is 11.2. The van der Waals surface area contributed by atoms with Crippen LogP contribution in [0.25, 0.3) is 5.65 Å². The zero-order chi connectivity index (χ0) is 16.1. The molecule has 0 bridgehead atoms. The number of halogens is 2. The minimum absolute atomic E-state index is 0.0769. The molecule has 0 fully saturated rings. The Labute approximate surface area is 138 Å². The van der Waals surface area contributed by atoms with Crippen LogP contribution in [0.2, 0.25) is 10.0 Å². The SMILES string of the molecule is CCCCCc1c(NCC(=O)NO)nc2c(Cl)cc(Cl)cn12. The van der Waals surface area contributed by atoms with Crippen molar-refractivity contribution >= 4 is 40.6 Å². The van der Waals surface area contributed by atoms with Crippen LogP contribution in [-0.2, 0) is 11.2 Å². The van der Waals surface area contributed by atoms with E-state index >= 15 is 0 Å². The Morgan fingerprint density at radius 3 is 2.86 bits per heavy atom. The smallest absolute Gasteiger partial charge is 0.262 e. The maximum absolute atomic E-state index is 11.2. The predicted molar refractivity (Wildman–Crippen MR) is 86.9 cm³/mol. The molecule has 8 heteroatoms. The number of nitrogens with zero attached hydrogens (tertiary/aromatic N) is 2. The van der Waals surface area contributed by atoms with Crippen molar-refractivity contribution in [3.05, 3.63) is 28.0 Å². The van der Waals surface area contributed by atoms with Crippen molar-refractivity contribution in [1.29, 1.82) is 0 Å². The quantitative estimate of drug-likeness (QED) is 0.409. The van der Waals surface area contributed by atoms with Crippen molar-refractivity contribution in [1.82, 2.24) is 14.9 Å². The second-order valence-corrected chi connectivity index (χ2v) is 5.80. The first-order chi connectivity index (χ1) is 10.6. The van der Waals surface area contributed by atoms with Gasteiger partial charge in [0.15, 0.2) is 5.65 Å². The fourth-order valence-corrected chi connectivity index (χ4v) is 2.76. The number of aromatic nitrogens is 2. The van der Waals surface area contributed by atoms with Crippen LogP contribution >= 0.6 is 23.2 Å². The van der Waals surface area contributed by atoms with E-state index in [0.29, 0.717) is 21.5 Å². The summed E-state index contributed by atoms with van der Waals surface area (Å²) in [6.07, 6.45) is 5.74. The lowest BCUT2D eigenvalue weighted by Crippen LogP contribution is -2.27. The number of rotatable bonds is 7. The first-order valence-electron chi connectivity index (χ1n) is 7.09. The zero-order valence-corrected chi connectivity index (χ0v) is 13.7. The molecular formula is C14H18Cl2N4O2. The third-order valence-electron chi connectivity index (χ3n) is 3.30. The molecule has 0 aromatic carbocycles. The van der Waals surface area contributed by atoms with E-state index in [9.17, 15) is 4.79 Å². The number of carbonyl (C=O) groups is 1. The second-order valence-electron chi connectivity index (χ2n) is 4.95. The number of hydrogen-bond donors (Lipinski definition) is 3. The van der Waals surface area contributed by atoms with Gasteiger partial charge in [-0.3, -0.25) is 14.4 Å². The Morgan fingerprint density at radius 1 is 1.41 bits per heavy atom. The lowest BCUT2D eigenvalue weighted by Gasteiger charge is -2.07. The highest BCUT2D eigenvalue weighted by atomic mass is 35.5. The number of unbranched alkanes of at least 4 members (excludes halogenated alkanes) is 2. The average Bonchev–Trinajstić information content (AvgIpc) is 2.83. The fraction of sp³-hybridized carbons (Fsp3) is 0.429. The van der Waals surface area contributed by atoms with Gasteiger partial charge in [-0.15, -0.1) is 0 Å². The summed E-state index contributed by atoms with van der Waals surface area (Å²) in [7, 11) is 0. The number of hydroxylamine groups is 1. The molecule has 120 valence electrons. The first-order valence-corrected chi connectivity index (χ1v) is 7.85. The van der Waals surface area contributed by atoms with Crippen molar-refractivity contribution in [3.8, 4) is 0 Å². The van der Waals surface area contributed by atoms with Crippen LogP contribution in [0.15, 0.2) is 12.3 Å². The molecule has 0 atom stereocenters. The maximum Gasteiger partial charge on any atom is 0.262 e. The van der Waals surface area contributed by atoms with Gasteiger partial charge in [-0.25, -0.2) is 10.5 Å². The van der Waals surface area contributed by atoms with Gasteiger partial charge < -0.3 is 5.32 Å². The molecule has 2 heterocycles. The average molecular weight is 345 g/mol. The minimum atomic E-state index is -0.541. The Kier molecular flexibility index (Phi) is 5.88. The molecule has 0 unspecified atom stereocenters. The van der Waals surface area contributed by atoms with E-state index in [1.54, 1.807) is 17.7 Å². The number of carbonyl (C=O) groups excluding carboxylic acids is 1. The summed E-state index contributed by atoms with van der Waals surface area (Å²) in [5.74, 6) is 0.0320. The molecule has 3 N–H and O–H groups in total. The summed E-state index contributed by atoms with van der Waals surface area (Å²) in [5, 5.41) is 12.5. The van der Waals surface area contributed by atoms with E-state index in [0.717, 1.165) is 31.4 Å². The molecule has 1 amide bonds. The molecule has 2 aromatic heterocycles. The molecule has 2 aromatic rings. The number of aryl methyl sites for hydroxylation is 1. The van der Waals surface area contributed by atoms with Gasteiger partial charge >= 0.3 is 0 Å². The van der Waals surface area contributed by atoms with Crippen LogP contribution in [0, 0.1) is 0 Å². The molecule has 0 spiro atoms. The highest BCUT2D eigenvalue weighted by molar-refractivity contribution is 6.36. The normalized spacial score (nSPS) is 10.9. The van der Waals surface area contributed by atoms with E-state index in [4.69, 9.17) is 28.4 Å². The minimum Gasteiger partial charge on any atom is -0.359 e. The molecule has 2 rings (SSSR count). The number of pyridine rings is 1. The van der Waals surface area contributed by atoms with Gasteiger partial charge in [0.25, 0.3) is 5.91 Å². The highest BCUT2D eigenvalue weighted by Gasteiger charge is 2.15. The summed E-state index contributed by atoms with van der Waals surface area (Å²) in [6, 6.07) is 1.63. The number of imidazole rings is 1. The van der Waals surface area contributed by atoms with E-state index < -0.39 is 5.91 Å². The van der Waals surface area contributed by atoms with Crippen molar-refractivity contribution in [3.63, 3.8) is 0 Å². The van der Waals surface area contributed by atoms with E-state index in [-0.39, 0.29) is 6.54 Å². The predicted octanol–water partition coefficient (Wildman–Crippen LogP) is 3.29. The van der Waals surface area contributed by atoms with Crippen molar-refractivity contribution in [2.45, 2.75) is 32.6 Å². The van der Waals surface area contributed by atoms with E-state index in [2.05, 4.69) is 17.2 Å². The van der Waals surface area contributed by atoms with Gasteiger partial charge in [0, 0.05) is 6.20 Å². The Hall–Kier alpha value is -1.50. The van der Waals surface area contributed by atoms with Crippen LogP contribution < -0.4 is 10.8 Å². The van der Waals surface area contributed by atoms with Gasteiger partial charge in [-0.2, -0.15) is 0 Å². The van der Waals surface area contributed by atoms with Crippen LogP contribution in [-0.4, -0.2) is 27.0 Å². The van der Waals surface area contributed by atoms with Crippen molar-refractivity contribution in [2.75, 3.05) is 11.9 Å². The van der Waals surface area contributed by atoms with Crippen molar-refractivity contribution in [2.24, 2.45) is 0 Å². The van der Waals surface area contributed by atoms with Crippen LogP contribution in [0.3, 0.4) is 0 Å². The number of nitrogens with one attached hydrogen (secondary N) is 2. The van der Waals surface area contributed by atoms with Gasteiger partial charge in [0.1, 0.15) is 5.82 Å². The molecule has 0 saturated heterocycles. The first kappa shape index (κ1) is 16.9. The van der Waals surface area contributed by atoms with Crippen molar-refractivity contribution < 1.29 is 10.0 Å². The summed E-state index contributed by atoms with van der Waals surface area (Å²) >= 11 is 12.2. The van der Waals surface area contributed by atoms with Gasteiger partial charge in [0.05, 0.1) is 22.3 Å². The number of anilines is 1. The molecule has 22 heavy (non-hydrogen) atoms. The molecule has 0 aliphatic heterocycles. The Balaban J connectivity index is 2.37. The number of amides is 1. The molecule has 0 saturated carbocycles. The zero-order valence-electron chi connectivity index (χ0n) is 12.2. The molecule has 0 radical (unpaired) electrons. The van der Waals surface area contributed by atoms with E-state index in [1.807, 2.05) is 4.40 Å². The topological polar surface area (TPSA) is 78.7 Å². The Morgan fingerprint density at radius 2 is 2.18 bits per heavy atom. The summed E-state index contributed by atoms with van der Waals surface area (Å²) < 4.78 is 1.85. The number of hydrogen-bond acceptors (Lipinski definition) is 4. The lowest BCUT2D eigenvalue weighted by molar-refractivity contribution is -0.127. The Bertz CT molecular complexity index is 672. The highest BCUT2D eigenvalue weighted by Crippen LogP contribution is 2.27. The molecular weight excluding hydrogens is 327 g/mol. The molecule has 6 nitrogen and oxygen atoms in total. The van der Waals surface area contributed by atoms with Crippen LogP contribution in [0.5, 0.6) is 0 Å². The molecule has 0 aliphatic rings. The monoisotopic (exact) mass is 344 g/mol. The molecule has 0 aliphatic carbocycles. The van der Waals surface area contributed by atoms with Gasteiger partial charge in [0.2, 0.25) is 0 Å². The third kappa shape index (κ3) is 3.82. The van der Waals surface area contributed by atoms with Crippen LogP contribution in [0.1, 0.15) is 31.9 Å². The summed E-state index contributed by atoms with van der Waals surface area (Å²) in [6.45, 7) is 2.06. The summed E-state index contributed by atoms with van der Waals surface area (Å²) in [5.41, 5.74) is 3.08. The largest absolute Gasteiger partial charge is 0.359 e. The fourth-order valence-electron chi connectivity index (χ4n) is 2.25. The van der Waals surface area contributed by atoms with Gasteiger partial charge in [-0.05, 0) is 18.9 Å². The van der Waals surface area contributed by atoms with Crippen LogP contribution in [0.4, 0.5) is 5.82 Å². The standard InChI is InChI=1S/C14H18Cl2N4O2/c1-2-3-4-5-11-13(17-7-12(21)19-22)18-14-10(16)6-9(15)8-20(11)14/h6,8,17,22H,2-5,7H2,1H3,(H,19,21). The third-order valence-corrected chi connectivity index (χ3v) is 3.78. The number of fused-ring (bicyclic) bond motifs is 1. The van der Waals surface area contributed by atoms with E-state index in [1.165, 1.54) is 0 Å². The lowest BCUT2D eigenvalue weighted by atomic mass is 10.1. The summed E-state index contributed by atoms with van der Waals surface area (Å²) in [4.78, 5) is 15.6. The second kappa shape index (κ2) is 7.67. The van der Waals surface area contributed by atoms with Gasteiger partial charge in [-0.1, -0.05) is 43.0 Å².